The van der Waals surface area contributed by atoms with E-state index in [0.29, 0.717) is 0 Å². The number of nitrogens with zero attached hydrogens (tertiary/aromatic N) is 2. The molecule has 73 heavy (non-hydrogen) atoms. The predicted octanol–water partition coefficient (Wildman–Crippen LogP) is 20.1. The number of para-hydroxylation sites is 2. The van der Waals surface area contributed by atoms with Gasteiger partial charge in [-0.15, -0.1) is 0 Å². The third-order valence-corrected chi connectivity index (χ3v) is 20.6. The molecule has 0 fully saturated rings. The number of benzene rings is 8. The van der Waals surface area contributed by atoms with Crippen LogP contribution in [-0.4, -0.2) is 0 Å². The van der Waals surface area contributed by atoms with Gasteiger partial charge in [0.2, 0.25) is 0 Å². The highest BCUT2D eigenvalue weighted by molar-refractivity contribution is 5.93. The monoisotopic (exact) mass is 957 g/mol. The van der Waals surface area contributed by atoms with E-state index in [1.165, 1.54) is 89.3 Å². The van der Waals surface area contributed by atoms with Crippen LogP contribution in [0.15, 0.2) is 170 Å². The molecule has 11 rings (SSSR count). The molecule has 0 N–H and O–H groups in total. The Hall–Kier alpha value is -6.64. The molecule has 0 heterocycles. The zero-order chi connectivity index (χ0) is 52.0. The molecule has 0 spiro atoms. The third kappa shape index (κ3) is 6.87. The van der Waals surface area contributed by atoms with Crippen molar-refractivity contribution < 1.29 is 0 Å². The van der Waals surface area contributed by atoms with Crippen molar-refractivity contribution in [1.82, 2.24) is 0 Å². The van der Waals surface area contributed by atoms with Crippen LogP contribution in [0, 0.1) is 24.7 Å². The third-order valence-electron chi connectivity index (χ3n) is 20.6. The first-order valence-electron chi connectivity index (χ1n) is 26.8. The Balaban J connectivity index is 1.02. The molecule has 8 aromatic carbocycles. The van der Waals surface area contributed by atoms with Crippen molar-refractivity contribution in [2.24, 2.45) is 10.8 Å². The second kappa shape index (κ2) is 16.2. The quantitative estimate of drug-likeness (QED) is 0.150. The van der Waals surface area contributed by atoms with Crippen LogP contribution >= 0.6 is 0 Å². The first-order valence-corrected chi connectivity index (χ1v) is 26.8. The molecule has 8 aromatic rings. The van der Waals surface area contributed by atoms with E-state index in [1.807, 2.05) is 0 Å². The van der Waals surface area contributed by atoms with Gasteiger partial charge in [-0.05, 0) is 163 Å². The Morgan fingerprint density at radius 2 is 0.603 bits per heavy atom. The second-order valence-electron chi connectivity index (χ2n) is 25.7. The van der Waals surface area contributed by atoms with E-state index in [1.54, 1.807) is 0 Å². The van der Waals surface area contributed by atoms with Crippen molar-refractivity contribution in [3.63, 3.8) is 0 Å². The van der Waals surface area contributed by atoms with Gasteiger partial charge in [-0.25, -0.2) is 0 Å². The molecule has 0 bridgehead atoms. The van der Waals surface area contributed by atoms with E-state index < -0.39 is 0 Å². The maximum absolute atomic E-state index is 2.50. The van der Waals surface area contributed by atoms with Gasteiger partial charge in [0.05, 0.1) is 11.4 Å². The normalized spacial score (nSPS) is 18.4. The predicted molar refractivity (Wildman–Crippen MR) is 313 cm³/mol. The van der Waals surface area contributed by atoms with Gasteiger partial charge in [0, 0.05) is 39.3 Å². The molecule has 2 heteroatoms. The molecule has 3 aliphatic rings. The number of anilines is 6. The lowest BCUT2D eigenvalue weighted by atomic mass is 9.59. The number of hydrogen-bond donors (Lipinski definition) is 0. The summed E-state index contributed by atoms with van der Waals surface area (Å²) in [5, 5.41) is 0. The molecule has 0 radical (unpaired) electrons. The SMILES string of the molecule is Cc1ccc(N(c2ccc3c(c2)C(C)(C)c2cc(N(c4ccc(C)cc4)c4ccccc4-c4ccc5c(c4)C(C)(C)C(C)(C)C5(C)C)ccc2-3)c2ccccc2-c2ccc3c(c2)C(C)(C)C(C)(C)C3(C)C)cc1. The van der Waals surface area contributed by atoms with Crippen molar-refractivity contribution in [2.75, 3.05) is 9.80 Å². The first-order chi connectivity index (χ1) is 34.3. The second-order valence-corrected chi connectivity index (χ2v) is 25.7. The summed E-state index contributed by atoms with van der Waals surface area (Å²) in [5.74, 6) is 0. The van der Waals surface area contributed by atoms with Crippen molar-refractivity contribution in [1.29, 1.82) is 0 Å². The highest BCUT2D eigenvalue weighted by atomic mass is 15.2. The summed E-state index contributed by atoms with van der Waals surface area (Å²) in [6, 6.07) is 65.2. The smallest absolute Gasteiger partial charge is 0.0540 e. The maximum Gasteiger partial charge on any atom is 0.0540 e. The van der Waals surface area contributed by atoms with Crippen molar-refractivity contribution >= 4 is 34.1 Å². The minimum absolute atomic E-state index is 0.00305. The van der Waals surface area contributed by atoms with Crippen LogP contribution in [-0.2, 0) is 27.1 Å². The van der Waals surface area contributed by atoms with Gasteiger partial charge in [-0.3, -0.25) is 0 Å². The van der Waals surface area contributed by atoms with Crippen molar-refractivity contribution in [3.05, 3.63) is 214 Å². The standard InChI is InChI=1S/C71H76N2/c1-45-25-31-49(32-26-45)72(63-23-19-17-21-53(63)47-29-39-57-61(41-47)68(9,10)70(13,14)66(57,5)6)51-35-37-55-56-38-36-52(44-60(56)65(3,4)59(55)43-51)73(50-33-27-46(2)28-34-50)64-24-20-18-22-54(64)48-30-40-58-62(42-48)69(11,12)71(15,16)67(58,7)8/h17-44H,1-16H3. The molecule has 0 aliphatic heterocycles. The molecule has 0 aromatic heterocycles. The van der Waals surface area contributed by atoms with E-state index in [9.17, 15) is 0 Å². The Bertz CT molecular complexity index is 3270. The number of hydrogen-bond acceptors (Lipinski definition) is 2. The zero-order valence-corrected chi connectivity index (χ0v) is 46.6. The van der Waals surface area contributed by atoms with Gasteiger partial charge < -0.3 is 9.80 Å². The molecule has 2 nitrogen and oxygen atoms in total. The van der Waals surface area contributed by atoms with Gasteiger partial charge in [-0.2, -0.15) is 0 Å². The van der Waals surface area contributed by atoms with E-state index >= 15 is 0 Å². The first kappa shape index (κ1) is 48.6. The Kier molecular flexibility index (Phi) is 10.8. The fraction of sp³-hybridized carbons (Fsp3) is 0.324. The molecular weight excluding hydrogens is 881 g/mol. The molecule has 0 unspecified atom stereocenters. The minimum Gasteiger partial charge on any atom is -0.310 e. The molecule has 0 saturated carbocycles. The van der Waals surface area contributed by atoms with Gasteiger partial charge in [0.25, 0.3) is 0 Å². The van der Waals surface area contributed by atoms with Gasteiger partial charge in [0.15, 0.2) is 0 Å². The van der Waals surface area contributed by atoms with Crippen LogP contribution < -0.4 is 9.80 Å². The van der Waals surface area contributed by atoms with Crippen LogP contribution in [0.3, 0.4) is 0 Å². The Morgan fingerprint density at radius 3 is 0.973 bits per heavy atom. The fourth-order valence-electron chi connectivity index (χ4n) is 13.5. The van der Waals surface area contributed by atoms with Crippen molar-refractivity contribution in [2.45, 2.75) is 138 Å². The van der Waals surface area contributed by atoms with Gasteiger partial charge >= 0.3 is 0 Å². The zero-order valence-electron chi connectivity index (χ0n) is 46.6. The Morgan fingerprint density at radius 1 is 0.274 bits per heavy atom. The number of fused-ring (bicyclic) bond motifs is 5. The topological polar surface area (TPSA) is 6.48 Å². The molecule has 370 valence electrons. The summed E-state index contributed by atoms with van der Waals surface area (Å²) in [6.45, 7) is 38.5. The summed E-state index contributed by atoms with van der Waals surface area (Å²) >= 11 is 0. The van der Waals surface area contributed by atoms with Crippen LogP contribution in [0.25, 0.3) is 33.4 Å². The largest absolute Gasteiger partial charge is 0.310 e. The lowest BCUT2D eigenvalue weighted by Gasteiger charge is -2.44. The van der Waals surface area contributed by atoms with Gasteiger partial charge in [0.1, 0.15) is 0 Å². The molecular formula is C71H76N2. The van der Waals surface area contributed by atoms with E-state index in [0.717, 1.165) is 22.7 Å². The molecule has 0 atom stereocenters. The molecule has 0 amide bonds. The van der Waals surface area contributed by atoms with Crippen LogP contribution in [0.2, 0.25) is 0 Å². The maximum atomic E-state index is 2.50. The van der Waals surface area contributed by atoms with E-state index in [4.69, 9.17) is 0 Å². The molecule has 3 aliphatic carbocycles. The summed E-state index contributed by atoms with van der Waals surface area (Å²) < 4.78 is 0. The Labute approximate surface area is 438 Å². The summed E-state index contributed by atoms with van der Waals surface area (Å²) in [6.07, 6.45) is 0. The summed E-state index contributed by atoms with van der Waals surface area (Å²) in [7, 11) is 0. The van der Waals surface area contributed by atoms with Crippen LogP contribution in [0.5, 0.6) is 0 Å². The van der Waals surface area contributed by atoms with Gasteiger partial charge in [-0.1, -0.05) is 217 Å². The van der Waals surface area contributed by atoms with E-state index in [-0.39, 0.29) is 37.9 Å². The lowest BCUT2D eigenvalue weighted by molar-refractivity contribution is 0.125. The average molecular weight is 957 g/mol. The van der Waals surface area contributed by atoms with Crippen molar-refractivity contribution in [3.8, 4) is 33.4 Å². The summed E-state index contributed by atoms with van der Waals surface area (Å²) in [5.41, 5.74) is 25.5. The van der Waals surface area contributed by atoms with E-state index in [2.05, 4.69) is 290 Å². The highest BCUT2D eigenvalue weighted by Crippen LogP contribution is 2.64. The average Bonchev–Trinajstić information content (AvgIpc) is 3.69. The van der Waals surface area contributed by atoms with Crippen LogP contribution in [0.1, 0.15) is 141 Å². The van der Waals surface area contributed by atoms with Crippen LogP contribution in [0.4, 0.5) is 34.1 Å². The fourth-order valence-corrected chi connectivity index (χ4v) is 13.5. The lowest BCUT2D eigenvalue weighted by Crippen LogP contribution is -2.42. The number of rotatable bonds is 8. The number of aryl methyl sites for hydroxylation is 2. The summed E-state index contributed by atoms with van der Waals surface area (Å²) in [4.78, 5) is 4.98. The highest BCUT2D eigenvalue weighted by Gasteiger charge is 2.58. The molecule has 0 saturated heterocycles. The minimum atomic E-state index is -0.288.